The Morgan fingerprint density at radius 3 is 2.37 bits per heavy atom. The predicted octanol–water partition coefficient (Wildman–Crippen LogP) is 3.77. The molecule has 0 fully saturated rings. The third kappa shape index (κ3) is 4.80. The van der Waals surface area contributed by atoms with Gasteiger partial charge in [0.05, 0.1) is 11.0 Å². The van der Waals surface area contributed by atoms with Gasteiger partial charge in [-0.1, -0.05) is 29.8 Å². The van der Waals surface area contributed by atoms with Crippen LogP contribution in [0, 0.1) is 0 Å². The lowest BCUT2D eigenvalue weighted by molar-refractivity contribution is 0.335. The van der Waals surface area contributed by atoms with Crippen molar-refractivity contribution in [3.8, 4) is 5.75 Å². The summed E-state index contributed by atoms with van der Waals surface area (Å²) < 4.78 is 30.0. The van der Waals surface area contributed by atoms with Gasteiger partial charge in [-0.3, -0.25) is 0 Å². The van der Waals surface area contributed by atoms with E-state index in [0.29, 0.717) is 5.92 Å². The standard InChI is InChI=1S/C14H21BrO3S/c1-10(2)13-9-12(15)5-6-14(13)18-7-8-19(16,17)11(3)4/h5-6,9-11H,7-8H2,1-4H3. The molecule has 0 spiro atoms. The summed E-state index contributed by atoms with van der Waals surface area (Å²) in [6.07, 6.45) is 0. The molecule has 1 aromatic rings. The van der Waals surface area contributed by atoms with Gasteiger partial charge >= 0.3 is 0 Å². The van der Waals surface area contributed by atoms with Gasteiger partial charge in [-0.25, -0.2) is 8.42 Å². The summed E-state index contributed by atoms with van der Waals surface area (Å²) in [7, 11) is -3.04. The van der Waals surface area contributed by atoms with Gasteiger partial charge in [-0.2, -0.15) is 0 Å². The molecular weight excluding hydrogens is 328 g/mol. The summed E-state index contributed by atoms with van der Waals surface area (Å²) >= 11 is 3.43. The van der Waals surface area contributed by atoms with Crippen LogP contribution in [0.4, 0.5) is 0 Å². The first-order valence-electron chi connectivity index (χ1n) is 6.38. The number of rotatable bonds is 6. The highest BCUT2D eigenvalue weighted by Crippen LogP contribution is 2.29. The van der Waals surface area contributed by atoms with Gasteiger partial charge in [0.25, 0.3) is 0 Å². The third-order valence-electron chi connectivity index (χ3n) is 2.94. The molecule has 5 heteroatoms. The van der Waals surface area contributed by atoms with Crippen molar-refractivity contribution in [1.29, 1.82) is 0 Å². The van der Waals surface area contributed by atoms with Crippen molar-refractivity contribution < 1.29 is 13.2 Å². The van der Waals surface area contributed by atoms with Crippen molar-refractivity contribution in [3.63, 3.8) is 0 Å². The van der Waals surface area contributed by atoms with E-state index >= 15 is 0 Å². The average Bonchev–Trinajstić information content (AvgIpc) is 2.30. The largest absolute Gasteiger partial charge is 0.492 e. The number of benzene rings is 1. The Hall–Kier alpha value is -0.550. The minimum atomic E-state index is -3.04. The minimum Gasteiger partial charge on any atom is -0.492 e. The zero-order valence-electron chi connectivity index (χ0n) is 11.8. The van der Waals surface area contributed by atoms with Crippen LogP contribution in [0.25, 0.3) is 0 Å². The molecule has 108 valence electrons. The first-order valence-corrected chi connectivity index (χ1v) is 8.88. The summed E-state index contributed by atoms with van der Waals surface area (Å²) in [5.41, 5.74) is 1.08. The number of hydrogen-bond acceptors (Lipinski definition) is 3. The van der Waals surface area contributed by atoms with Crippen molar-refractivity contribution in [2.75, 3.05) is 12.4 Å². The Bertz CT molecular complexity index is 521. The summed E-state index contributed by atoms with van der Waals surface area (Å²) in [6.45, 7) is 7.74. The lowest BCUT2D eigenvalue weighted by atomic mass is 10.0. The molecule has 0 radical (unpaired) electrons. The van der Waals surface area contributed by atoms with Crippen molar-refractivity contribution in [1.82, 2.24) is 0 Å². The fraction of sp³-hybridized carbons (Fsp3) is 0.571. The van der Waals surface area contributed by atoms with Crippen LogP contribution >= 0.6 is 15.9 Å². The molecule has 1 rings (SSSR count). The van der Waals surface area contributed by atoms with Gasteiger partial charge in [0.2, 0.25) is 0 Å². The Labute approximate surface area is 124 Å². The fourth-order valence-electron chi connectivity index (χ4n) is 1.61. The second-order valence-electron chi connectivity index (χ2n) is 5.10. The molecule has 0 N–H and O–H groups in total. The number of sulfone groups is 1. The Morgan fingerprint density at radius 1 is 1.21 bits per heavy atom. The van der Waals surface area contributed by atoms with Crippen LogP contribution in [0.15, 0.2) is 22.7 Å². The summed E-state index contributed by atoms with van der Waals surface area (Å²) in [6, 6.07) is 5.79. The molecule has 0 unspecified atom stereocenters. The van der Waals surface area contributed by atoms with Gasteiger partial charge < -0.3 is 4.74 Å². The van der Waals surface area contributed by atoms with E-state index in [1.165, 1.54) is 0 Å². The van der Waals surface area contributed by atoms with Crippen molar-refractivity contribution >= 4 is 25.8 Å². The quantitative estimate of drug-likeness (QED) is 0.785. The molecule has 0 aliphatic heterocycles. The van der Waals surface area contributed by atoms with Gasteiger partial charge in [0.15, 0.2) is 9.84 Å². The number of hydrogen-bond donors (Lipinski definition) is 0. The van der Waals surface area contributed by atoms with Crippen LogP contribution < -0.4 is 4.74 Å². The van der Waals surface area contributed by atoms with E-state index in [1.54, 1.807) is 13.8 Å². The van der Waals surface area contributed by atoms with Crippen LogP contribution in [0.1, 0.15) is 39.2 Å². The smallest absolute Gasteiger partial charge is 0.155 e. The first kappa shape index (κ1) is 16.5. The van der Waals surface area contributed by atoms with Crippen molar-refractivity contribution in [3.05, 3.63) is 28.2 Å². The molecule has 3 nitrogen and oxygen atoms in total. The average molecular weight is 349 g/mol. The Kier molecular flexibility index (Phi) is 5.86. The molecule has 0 aliphatic carbocycles. The van der Waals surface area contributed by atoms with E-state index in [1.807, 2.05) is 18.2 Å². The maximum Gasteiger partial charge on any atom is 0.155 e. The molecule has 0 amide bonds. The highest BCUT2D eigenvalue weighted by atomic mass is 79.9. The topological polar surface area (TPSA) is 43.4 Å². The highest BCUT2D eigenvalue weighted by molar-refractivity contribution is 9.10. The second kappa shape index (κ2) is 6.75. The van der Waals surface area contributed by atoms with Crippen LogP contribution in [0.2, 0.25) is 0 Å². The minimum absolute atomic E-state index is 0.0538. The maximum absolute atomic E-state index is 11.7. The van der Waals surface area contributed by atoms with Crippen LogP contribution in [0.5, 0.6) is 5.75 Å². The molecule has 0 saturated heterocycles. The number of ether oxygens (including phenoxy) is 1. The van der Waals surface area contributed by atoms with Gasteiger partial charge in [-0.05, 0) is 43.5 Å². The van der Waals surface area contributed by atoms with Gasteiger partial charge in [0, 0.05) is 4.47 Å². The zero-order chi connectivity index (χ0) is 14.6. The third-order valence-corrected chi connectivity index (χ3v) is 5.60. The fourth-order valence-corrected chi connectivity index (χ4v) is 2.77. The molecule has 0 aliphatic rings. The van der Waals surface area contributed by atoms with Crippen molar-refractivity contribution in [2.45, 2.75) is 38.9 Å². The Morgan fingerprint density at radius 2 is 1.84 bits per heavy atom. The molecule has 0 saturated carbocycles. The van der Waals surface area contributed by atoms with Crippen molar-refractivity contribution in [2.24, 2.45) is 0 Å². The summed E-state index contributed by atoms with van der Waals surface area (Å²) in [5, 5.41) is -0.356. The SMILES string of the molecule is CC(C)c1cc(Br)ccc1OCCS(=O)(=O)C(C)C. The first-order chi connectivity index (χ1) is 8.74. The Balaban J connectivity index is 2.74. The summed E-state index contributed by atoms with van der Waals surface area (Å²) in [4.78, 5) is 0. The van der Waals surface area contributed by atoms with Gasteiger partial charge in [-0.15, -0.1) is 0 Å². The van der Waals surface area contributed by atoms with E-state index in [-0.39, 0.29) is 17.6 Å². The van der Waals surface area contributed by atoms with Gasteiger partial charge in [0.1, 0.15) is 12.4 Å². The van der Waals surface area contributed by atoms with E-state index < -0.39 is 9.84 Å². The monoisotopic (exact) mass is 348 g/mol. The molecule has 0 heterocycles. The van der Waals surface area contributed by atoms with E-state index in [4.69, 9.17) is 4.74 Å². The predicted molar refractivity (Wildman–Crippen MR) is 82.6 cm³/mol. The molecule has 0 bridgehead atoms. The van der Waals surface area contributed by atoms with E-state index in [2.05, 4.69) is 29.8 Å². The summed E-state index contributed by atoms with van der Waals surface area (Å²) in [5.74, 6) is 1.14. The highest BCUT2D eigenvalue weighted by Gasteiger charge is 2.16. The molecular formula is C14H21BrO3S. The maximum atomic E-state index is 11.7. The lowest BCUT2D eigenvalue weighted by Gasteiger charge is -2.15. The van der Waals surface area contributed by atoms with E-state index in [9.17, 15) is 8.42 Å². The van der Waals surface area contributed by atoms with Crippen LogP contribution in [-0.2, 0) is 9.84 Å². The second-order valence-corrected chi connectivity index (χ2v) is 8.69. The van der Waals surface area contributed by atoms with Crippen LogP contribution in [0.3, 0.4) is 0 Å². The molecule has 0 atom stereocenters. The molecule has 0 aromatic heterocycles. The normalized spacial score (nSPS) is 12.2. The number of halogens is 1. The molecule has 1 aromatic carbocycles. The lowest BCUT2D eigenvalue weighted by Crippen LogP contribution is -2.22. The molecule has 19 heavy (non-hydrogen) atoms. The van der Waals surface area contributed by atoms with E-state index in [0.717, 1.165) is 15.8 Å². The van der Waals surface area contributed by atoms with Crippen LogP contribution in [-0.4, -0.2) is 26.0 Å². The zero-order valence-corrected chi connectivity index (χ0v) is 14.2.